The van der Waals surface area contributed by atoms with Gasteiger partial charge in [0.25, 0.3) is 5.91 Å². The van der Waals surface area contributed by atoms with E-state index in [9.17, 15) is 18.0 Å². The topological polar surface area (TPSA) is 115 Å². The summed E-state index contributed by atoms with van der Waals surface area (Å²) in [7, 11) is 1.52. The number of methoxy groups -OCH3 is 1. The van der Waals surface area contributed by atoms with Gasteiger partial charge in [0.2, 0.25) is 0 Å². The maximum Gasteiger partial charge on any atom is 0.391 e. The Morgan fingerprint density at radius 3 is 2.34 bits per heavy atom. The van der Waals surface area contributed by atoms with E-state index in [2.05, 4.69) is 27.6 Å². The second kappa shape index (κ2) is 15.0. The molecule has 0 aromatic carbocycles. The van der Waals surface area contributed by atoms with Gasteiger partial charge < -0.3 is 15.4 Å². The van der Waals surface area contributed by atoms with Crippen molar-refractivity contribution in [1.82, 2.24) is 20.1 Å². The third kappa shape index (κ3) is 8.67. The van der Waals surface area contributed by atoms with Gasteiger partial charge in [0.15, 0.2) is 5.69 Å². The lowest BCUT2D eigenvalue weighted by Crippen LogP contribution is -2.33. The highest BCUT2D eigenvalue weighted by molar-refractivity contribution is 7.51. The van der Waals surface area contributed by atoms with Crippen LogP contribution in [-0.4, -0.2) is 55.0 Å². The number of nitrogens with zero attached hydrogens (tertiary/aromatic N) is 3. The van der Waals surface area contributed by atoms with Crippen LogP contribution in [-0.2, 0) is 18.1 Å². The number of hydrogen-bond donors (Lipinski definition) is 2. The van der Waals surface area contributed by atoms with E-state index >= 15 is 0 Å². The summed E-state index contributed by atoms with van der Waals surface area (Å²) in [5, 5.41) is 11.0. The molecule has 0 unspecified atom stereocenters. The van der Waals surface area contributed by atoms with E-state index in [1.54, 1.807) is 16.9 Å². The van der Waals surface area contributed by atoms with Crippen LogP contribution >= 0.6 is 11.6 Å². The number of pyridine rings is 1. The van der Waals surface area contributed by atoms with E-state index in [1.807, 2.05) is 6.92 Å². The molecule has 9 nitrogen and oxygen atoms in total. The molecule has 2 aliphatic rings. The summed E-state index contributed by atoms with van der Waals surface area (Å²) in [6, 6.07) is 1.61. The van der Waals surface area contributed by atoms with Gasteiger partial charge in [-0.25, -0.2) is 4.98 Å². The monoisotopic (exact) mass is 619 g/mol. The lowest BCUT2D eigenvalue weighted by molar-refractivity contribution is -0.182. The highest BCUT2D eigenvalue weighted by Crippen LogP contribution is 2.40. The maximum atomic E-state index is 13.0. The minimum absolute atomic E-state index is 0.0934. The van der Waals surface area contributed by atoms with Crippen molar-refractivity contribution in [2.75, 3.05) is 19.0 Å². The first-order chi connectivity index (χ1) is 19.5. The summed E-state index contributed by atoms with van der Waals surface area (Å²) < 4.78 is 62.8. The zero-order valence-electron chi connectivity index (χ0n) is 23.4. The predicted octanol–water partition coefficient (Wildman–Crippen LogP) is 6.05. The number of aryl methyl sites for hydroxylation is 1. The second-order valence-electron chi connectivity index (χ2n) is 10.7. The first kappa shape index (κ1) is 32.8. The van der Waals surface area contributed by atoms with Crippen LogP contribution in [0.15, 0.2) is 12.3 Å². The predicted molar refractivity (Wildman–Crippen MR) is 150 cm³/mol. The van der Waals surface area contributed by atoms with E-state index < -0.39 is 23.7 Å². The molecule has 4 rings (SSSR count). The van der Waals surface area contributed by atoms with Crippen LogP contribution < -0.4 is 15.4 Å². The Labute approximate surface area is 246 Å². The zero-order chi connectivity index (χ0) is 30.2. The molecular formula is C27H37ClF3N5O4S. The fraction of sp³-hybridized carbons (Fsp3) is 0.667. The molecule has 2 fully saturated rings. The largest absolute Gasteiger partial charge is 0.496 e. The molecule has 41 heavy (non-hydrogen) atoms. The van der Waals surface area contributed by atoms with E-state index in [-0.39, 0.29) is 35.5 Å². The first-order valence-electron chi connectivity index (χ1n) is 13.9. The zero-order valence-corrected chi connectivity index (χ0v) is 25.0. The lowest BCUT2D eigenvalue weighted by atomic mass is 9.83. The third-order valence-electron chi connectivity index (χ3n) is 7.98. The molecule has 2 aromatic rings. The molecule has 0 saturated heterocycles. The Balaban J connectivity index is 0.00000147. The SMILES string of the molecule is CCn1nc(C(=O)NCC2CCC(C)CC2)c(Cl)c1-c1cnc(NC2CCC(C(F)(F)F)CC2)cc1OC.O=S=O. The number of halogens is 4. The Bertz CT molecular complexity index is 1210. The number of carbonyl (C=O) groups excluding carboxylic acids is 1. The molecule has 2 aromatic heterocycles. The standard InChI is InChI=1S/C27H37ClF3N5O2.O2S/c1-4-36-25(23(28)24(35-36)26(37)33-14-17-7-5-16(2)6-8-17)20-15-32-22(13-21(20)38-3)34-19-11-9-18(10-12-19)27(29,30)31;1-3-2/h13,15-19H,4-12,14H2,1-3H3,(H,32,34)(H,33,37);. The van der Waals surface area contributed by atoms with Crippen LogP contribution in [0.1, 0.15) is 75.7 Å². The van der Waals surface area contributed by atoms with Crippen molar-refractivity contribution in [3.05, 3.63) is 23.0 Å². The molecule has 2 heterocycles. The Kier molecular flexibility index (Phi) is 12.0. The number of carbonyl (C=O) groups is 1. The summed E-state index contributed by atoms with van der Waals surface area (Å²) in [6.07, 6.45) is 3.09. The van der Waals surface area contributed by atoms with Crippen LogP contribution in [0.25, 0.3) is 11.3 Å². The molecule has 0 atom stereocenters. The molecule has 2 N–H and O–H groups in total. The Hall–Kier alpha value is -2.67. The Morgan fingerprint density at radius 1 is 1.15 bits per heavy atom. The summed E-state index contributed by atoms with van der Waals surface area (Å²) in [4.78, 5) is 17.5. The summed E-state index contributed by atoms with van der Waals surface area (Å²) in [6.45, 7) is 5.26. The van der Waals surface area contributed by atoms with Gasteiger partial charge >= 0.3 is 17.7 Å². The fourth-order valence-corrected chi connectivity index (χ4v) is 5.89. The molecular weight excluding hydrogens is 583 g/mol. The summed E-state index contributed by atoms with van der Waals surface area (Å²) in [5.74, 6) is 0.662. The summed E-state index contributed by atoms with van der Waals surface area (Å²) >= 11 is 5.97. The molecule has 2 aliphatic carbocycles. The molecule has 0 aliphatic heterocycles. The van der Waals surface area contributed by atoms with Gasteiger partial charge in [-0.15, -0.1) is 0 Å². The average Bonchev–Trinajstić information content (AvgIpc) is 3.28. The van der Waals surface area contributed by atoms with Gasteiger partial charge in [0.05, 0.1) is 29.3 Å². The van der Waals surface area contributed by atoms with Crippen LogP contribution in [0.4, 0.5) is 19.0 Å². The minimum Gasteiger partial charge on any atom is -0.496 e. The normalized spacial score (nSPS) is 22.7. The molecule has 0 bridgehead atoms. The molecule has 228 valence electrons. The third-order valence-corrected chi connectivity index (χ3v) is 8.34. The minimum atomic E-state index is -4.14. The number of ether oxygens (including phenoxy) is 1. The first-order valence-corrected chi connectivity index (χ1v) is 14.9. The quantitative estimate of drug-likeness (QED) is 0.370. The average molecular weight is 620 g/mol. The van der Waals surface area contributed by atoms with Gasteiger partial charge in [0.1, 0.15) is 11.6 Å². The molecule has 0 radical (unpaired) electrons. The summed E-state index contributed by atoms with van der Waals surface area (Å²) in [5.41, 5.74) is 1.28. The van der Waals surface area contributed by atoms with Gasteiger partial charge in [-0.1, -0.05) is 31.4 Å². The van der Waals surface area contributed by atoms with Crippen molar-refractivity contribution < 1.29 is 31.1 Å². The highest BCUT2D eigenvalue weighted by Gasteiger charge is 2.41. The van der Waals surface area contributed by atoms with E-state index in [4.69, 9.17) is 24.8 Å². The van der Waals surface area contributed by atoms with Crippen molar-refractivity contribution in [3.63, 3.8) is 0 Å². The van der Waals surface area contributed by atoms with Crippen molar-refractivity contribution in [2.24, 2.45) is 17.8 Å². The van der Waals surface area contributed by atoms with Crippen molar-refractivity contribution in [1.29, 1.82) is 0 Å². The number of aromatic nitrogens is 3. The molecule has 0 spiro atoms. The second-order valence-corrected chi connectivity index (χ2v) is 11.2. The van der Waals surface area contributed by atoms with E-state index in [0.717, 1.165) is 18.8 Å². The molecule has 1 amide bonds. The number of nitrogens with one attached hydrogen (secondary N) is 2. The molecule has 2 saturated carbocycles. The number of amides is 1. The Morgan fingerprint density at radius 2 is 1.78 bits per heavy atom. The van der Waals surface area contributed by atoms with Crippen LogP contribution in [0.2, 0.25) is 5.02 Å². The van der Waals surface area contributed by atoms with Crippen LogP contribution in [0, 0.1) is 17.8 Å². The highest BCUT2D eigenvalue weighted by atomic mass is 35.5. The number of anilines is 1. The maximum absolute atomic E-state index is 13.0. The number of rotatable bonds is 8. The van der Waals surface area contributed by atoms with E-state index in [0.29, 0.717) is 54.7 Å². The molecule has 14 heteroatoms. The lowest BCUT2D eigenvalue weighted by Gasteiger charge is -2.30. The van der Waals surface area contributed by atoms with Crippen molar-refractivity contribution >= 4 is 34.9 Å². The van der Waals surface area contributed by atoms with Crippen molar-refractivity contribution in [3.8, 4) is 17.0 Å². The van der Waals surface area contributed by atoms with Crippen LogP contribution in [0.5, 0.6) is 5.75 Å². The smallest absolute Gasteiger partial charge is 0.391 e. The fourth-order valence-electron chi connectivity index (χ4n) is 5.56. The van der Waals surface area contributed by atoms with Gasteiger partial charge in [-0.2, -0.15) is 26.7 Å². The number of hydrogen-bond acceptors (Lipinski definition) is 7. The van der Waals surface area contributed by atoms with Gasteiger partial charge in [0, 0.05) is 31.4 Å². The van der Waals surface area contributed by atoms with Crippen LogP contribution in [0.3, 0.4) is 0 Å². The van der Waals surface area contributed by atoms with E-state index in [1.165, 1.54) is 20.0 Å². The van der Waals surface area contributed by atoms with Crippen molar-refractivity contribution in [2.45, 2.75) is 84.0 Å². The van der Waals surface area contributed by atoms with Gasteiger partial charge in [-0.05, 0) is 57.3 Å². The number of alkyl halides is 3. The van der Waals surface area contributed by atoms with Gasteiger partial charge in [-0.3, -0.25) is 9.48 Å².